The highest BCUT2D eigenvalue weighted by molar-refractivity contribution is 5.97. The lowest BCUT2D eigenvalue weighted by Gasteiger charge is -2.23. The molecule has 0 spiro atoms. The molecule has 2 aromatic carbocycles. The Balaban J connectivity index is 0.00000588. The minimum absolute atomic E-state index is 0. The summed E-state index contributed by atoms with van der Waals surface area (Å²) in [4.78, 5) is 34.0. The Morgan fingerprint density at radius 2 is 1.60 bits per heavy atom. The number of hydrogen-bond donors (Lipinski definition) is 2. The third-order valence-electron chi connectivity index (χ3n) is 7.48. The number of nitrogens with one attached hydrogen (secondary N) is 2. The normalized spacial score (nSPS) is 13.6. The maximum Gasteiger partial charge on any atom is 0.253 e. The van der Waals surface area contributed by atoms with Gasteiger partial charge in [-0.3, -0.25) is 14.6 Å². The van der Waals surface area contributed by atoms with E-state index in [1.54, 1.807) is 13.3 Å². The molecule has 0 unspecified atom stereocenters. The number of hydrogen-bond acceptors (Lipinski definition) is 5. The summed E-state index contributed by atoms with van der Waals surface area (Å²) in [7, 11) is 0. The van der Waals surface area contributed by atoms with Crippen molar-refractivity contribution in [2.45, 2.75) is 78.7 Å². The van der Waals surface area contributed by atoms with E-state index in [9.17, 15) is 9.59 Å². The molecule has 1 heterocycles. The second-order valence-corrected chi connectivity index (χ2v) is 10.8. The van der Waals surface area contributed by atoms with E-state index in [1.807, 2.05) is 47.4 Å². The molecular weight excluding hydrogens is 498 g/mol. The molecule has 1 aliphatic rings. The molecule has 0 aliphatic carbocycles. The van der Waals surface area contributed by atoms with Gasteiger partial charge in [0, 0.05) is 32.2 Å². The van der Waals surface area contributed by atoms with Gasteiger partial charge in [0.2, 0.25) is 0 Å². The van der Waals surface area contributed by atoms with E-state index in [2.05, 4.69) is 34.4 Å². The zero-order chi connectivity index (χ0) is 28.6. The largest absolute Gasteiger partial charge is 0.383 e. The monoisotopic (exact) mass is 549 g/mol. The third-order valence-corrected chi connectivity index (χ3v) is 7.48. The Bertz CT molecular complexity index is 1080. The van der Waals surface area contributed by atoms with E-state index in [1.165, 1.54) is 32.4 Å². The van der Waals surface area contributed by atoms with Gasteiger partial charge in [-0.25, -0.2) is 0 Å². The van der Waals surface area contributed by atoms with Crippen LogP contribution in [-0.4, -0.2) is 67.1 Å². The summed E-state index contributed by atoms with van der Waals surface area (Å²) >= 11 is 0. The highest BCUT2D eigenvalue weighted by atomic mass is 16.2. The van der Waals surface area contributed by atoms with Crippen molar-refractivity contribution in [3.05, 3.63) is 59.2 Å². The van der Waals surface area contributed by atoms with Crippen LogP contribution in [0.2, 0.25) is 0 Å². The first-order valence-corrected chi connectivity index (χ1v) is 15.3. The molecule has 0 saturated carbocycles. The molecule has 0 aromatic heterocycles. The Morgan fingerprint density at radius 1 is 0.925 bits per heavy atom. The number of carbonyl (C=O) groups excluding carboxylic acids is 2. The third kappa shape index (κ3) is 10.4. The second-order valence-electron chi connectivity index (χ2n) is 10.8. The van der Waals surface area contributed by atoms with E-state index in [0.29, 0.717) is 12.1 Å². The summed E-state index contributed by atoms with van der Waals surface area (Å²) in [5.41, 5.74) is 4.30. The van der Waals surface area contributed by atoms with Crippen molar-refractivity contribution in [3.63, 3.8) is 0 Å². The summed E-state index contributed by atoms with van der Waals surface area (Å²) < 4.78 is 0. The topological polar surface area (TPSA) is 77.0 Å². The highest BCUT2D eigenvalue weighted by Crippen LogP contribution is 2.24. The van der Waals surface area contributed by atoms with Gasteiger partial charge in [-0.1, -0.05) is 51.0 Å². The van der Waals surface area contributed by atoms with Crippen LogP contribution >= 0.6 is 0 Å². The number of amides is 1. The second kappa shape index (κ2) is 17.5. The van der Waals surface area contributed by atoms with Gasteiger partial charge in [-0.2, -0.15) is 0 Å². The molecule has 1 aliphatic heterocycles. The first kappa shape index (κ1) is 31.3. The standard InChI is InChI=1S/C33H49N5O2.H2/c1-4-6-22-38(23-7-5-2)33(40)30-16-17-31(32(24-30)35-18-8-9-19-37-20-10-11-21-37)36-26-34-25-28-12-14-29(15-13-28)27(3)39;/h12-17,24,26,35H,4-11,18-23,25H2,1-3H3,(H,34,36);1H. The van der Waals surface area contributed by atoms with Gasteiger partial charge in [-0.05, 0) is 88.8 Å². The number of Topliss-reactive ketones (excluding diaryl/α,β-unsaturated/α-hetero) is 1. The number of carbonyl (C=O) groups is 2. The van der Waals surface area contributed by atoms with Crippen molar-refractivity contribution in [2.24, 2.45) is 4.99 Å². The minimum Gasteiger partial charge on any atom is -0.383 e. The van der Waals surface area contributed by atoms with Crippen molar-refractivity contribution in [3.8, 4) is 0 Å². The number of ketones is 1. The average molecular weight is 550 g/mol. The van der Waals surface area contributed by atoms with Crippen molar-refractivity contribution in [2.75, 3.05) is 49.9 Å². The van der Waals surface area contributed by atoms with E-state index >= 15 is 0 Å². The molecule has 7 nitrogen and oxygen atoms in total. The predicted octanol–water partition coefficient (Wildman–Crippen LogP) is 7.11. The van der Waals surface area contributed by atoms with Gasteiger partial charge < -0.3 is 20.4 Å². The number of rotatable bonds is 18. The number of anilines is 2. The molecule has 1 amide bonds. The summed E-state index contributed by atoms with van der Waals surface area (Å²) in [6.07, 6.45) is 10.8. The smallest absolute Gasteiger partial charge is 0.253 e. The molecule has 7 heteroatoms. The van der Waals surface area contributed by atoms with Crippen LogP contribution in [0, 0.1) is 0 Å². The molecule has 220 valence electrons. The van der Waals surface area contributed by atoms with Gasteiger partial charge in [0.15, 0.2) is 5.78 Å². The van der Waals surface area contributed by atoms with Crippen LogP contribution in [0.15, 0.2) is 47.5 Å². The molecule has 40 heavy (non-hydrogen) atoms. The zero-order valence-electron chi connectivity index (χ0n) is 24.9. The van der Waals surface area contributed by atoms with Crippen LogP contribution in [0.25, 0.3) is 0 Å². The Labute approximate surface area is 242 Å². The van der Waals surface area contributed by atoms with Crippen molar-refractivity contribution < 1.29 is 11.0 Å². The number of benzene rings is 2. The maximum atomic E-state index is 13.5. The van der Waals surface area contributed by atoms with E-state index in [0.717, 1.165) is 80.8 Å². The van der Waals surface area contributed by atoms with Crippen LogP contribution in [-0.2, 0) is 6.54 Å². The molecule has 0 bridgehead atoms. The number of aliphatic imine (C=N–C) groups is 1. The van der Waals surface area contributed by atoms with Crippen LogP contribution in [0.4, 0.5) is 11.4 Å². The van der Waals surface area contributed by atoms with Crippen LogP contribution in [0.5, 0.6) is 0 Å². The average Bonchev–Trinajstić information content (AvgIpc) is 3.49. The van der Waals surface area contributed by atoms with Gasteiger partial charge in [0.25, 0.3) is 5.91 Å². The Hall–Kier alpha value is -3.19. The SMILES string of the molecule is CCCCN(CCCC)C(=O)c1ccc(NC=NCc2ccc(C(C)=O)cc2)c(NCCCCN2CCCC2)c1.[HH]. The summed E-state index contributed by atoms with van der Waals surface area (Å²) in [6.45, 7) is 12.5. The fourth-order valence-electron chi connectivity index (χ4n) is 4.95. The Morgan fingerprint density at radius 3 is 2.25 bits per heavy atom. The lowest BCUT2D eigenvalue weighted by molar-refractivity contribution is 0.0751. The highest BCUT2D eigenvalue weighted by Gasteiger charge is 2.17. The summed E-state index contributed by atoms with van der Waals surface area (Å²) in [6, 6.07) is 13.4. The molecule has 2 aromatic rings. The molecule has 2 N–H and O–H groups in total. The van der Waals surface area contributed by atoms with Crippen LogP contribution < -0.4 is 10.6 Å². The lowest BCUT2D eigenvalue weighted by Crippen LogP contribution is -2.33. The van der Waals surface area contributed by atoms with Crippen molar-refractivity contribution in [1.29, 1.82) is 0 Å². The Kier molecular flexibility index (Phi) is 13.7. The molecular formula is C33H51N5O2. The lowest BCUT2D eigenvalue weighted by atomic mass is 10.1. The number of nitrogens with zero attached hydrogens (tertiary/aromatic N) is 3. The molecule has 3 rings (SSSR count). The summed E-state index contributed by atoms with van der Waals surface area (Å²) in [5, 5.41) is 6.91. The van der Waals surface area contributed by atoms with E-state index in [4.69, 9.17) is 0 Å². The molecule has 1 fully saturated rings. The minimum atomic E-state index is 0. The van der Waals surface area contributed by atoms with Crippen molar-refractivity contribution >= 4 is 29.4 Å². The van der Waals surface area contributed by atoms with Gasteiger partial charge in [-0.15, -0.1) is 0 Å². The first-order chi connectivity index (χ1) is 19.5. The molecule has 1 saturated heterocycles. The predicted molar refractivity (Wildman–Crippen MR) is 170 cm³/mol. The van der Waals surface area contributed by atoms with E-state index < -0.39 is 0 Å². The maximum absolute atomic E-state index is 13.5. The first-order valence-electron chi connectivity index (χ1n) is 15.3. The molecule has 0 radical (unpaired) electrons. The van der Waals surface area contributed by atoms with Gasteiger partial charge in [0.1, 0.15) is 0 Å². The van der Waals surface area contributed by atoms with E-state index in [-0.39, 0.29) is 13.1 Å². The fourth-order valence-corrected chi connectivity index (χ4v) is 4.95. The molecule has 0 atom stereocenters. The summed E-state index contributed by atoms with van der Waals surface area (Å²) in [5.74, 6) is 0.168. The number of unbranched alkanes of at least 4 members (excludes halogenated alkanes) is 3. The quantitative estimate of drug-likeness (QED) is 0.0897. The van der Waals surface area contributed by atoms with Crippen LogP contribution in [0.3, 0.4) is 0 Å². The number of likely N-dealkylation sites (tertiary alicyclic amines) is 1. The van der Waals surface area contributed by atoms with Gasteiger partial charge >= 0.3 is 0 Å². The fraction of sp³-hybridized carbons (Fsp3) is 0.545. The van der Waals surface area contributed by atoms with Crippen molar-refractivity contribution in [1.82, 2.24) is 9.80 Å². The van der Waals surface area contributed by atoms with Gasteiger partial charge in [0.05, 0.1) is 24.3 Å². The van der Waals surface area contributed by atoms with Crippen LogP contribution in [0.1, 0.15) is 99.8 Å². The zero-order valence-corrected chi connectivity index (χ0v) is 24.9.